The molecule has 0 saturated heterocycles. The summed E-state index contributed by atoms with van der Waals surface area (Å²) in [6, 6.07) is 4.72. The zero-order valence-corrected chi connectivity index (χ0v) is 9.37. The lowest BCUT2D eigenvalue weighted by atomic mass is 10.2. The van der Waals surface area contributed by atoms with Crippen molar-refractivity contribution in [2.75, 3.05) is 0 Å². The van der Waals surface area contributed by atoms with Crippen molar-refractivity contribution in [2.24, 2.45) is 0 Å². The van der Waals surface area contributed by atoms with Gasteiger partial charge in [-0.2, -0.15) is 5.10 Å². The summed E-state index contributed by atoms with van der Waals surface area (Å²) in [7, 11) is 0. The maximum Gasteiger partial charge on any atom is 0.167 e. The predicted octanol–water partition coefficient (Wildman–Crippen LogP) is 2.47. The maximum absolute atomic E-state index is 13.7. The van der Waals surface area contributed by atoms with Gasteiger partial charge in [-0.3, -0.25) is 0 Å². The molecule has 0 bridgehead atoms. The second-order valence-corrected chi connectivity index (χ2v) is 3.81. The normalized spacial score (nSPS) is 10.8. The lowest BCUT2D eigenvalue weighted by Gasteiger charge is -2.07. The average molecular weight is 241 g/mol. The third-order valence-electron chi connectivity index (χ3n) is 2.44. The highest BCUT2D eigenvalue weighted by Gasteiger charge is 2.12. The summed E-state index contributed by atoms with van der Waals surface area (Å²) >= 11 is 5.69. The van der Waals surface area contributed by atoms with E-state index in [1.807, 2.05) is 0 Å². The molecule has 3 nitrogen and oxygen atoms in total. The van der Waals surface area contributed by atoms with Gasteiger partial charge in [0.2, 0.25) is 0 Å². The molecular formula is C11H10ClFN2O. The zero-order valence-electron chi connectivity index (χ0n) is 8.61. The molecule has 0 aliphatic carbocycles. The van der Waals surface area contributed by atoms with Crippen molar-refractivity contribution < 1.29 is 9.50 Å². The second-order valence-electron chi connectivity index (χ2n) is 3.40. The van der Waals surface area contributed by atoms with Gasteiger partial charge in [-0.1, -0.05) is 17.7 Å². The molecule has 0 saturated carbocycles. The number of benzene rings is 1. The highest BCUT2D eigenvalue weighted by atomic mass is 35.5. The summed E-state index contributed by atoms with van der Waals surface area (Å²) in [5.41, 5.74) is 1.65. The van der Waals surface area contributed by atoms with Crippen LogP contribution in [0.1, 0.15) is 11.3 Å². The van der Waals surface area contributed by atoms with Crippen LogP contribution < -0.4 is 0 Å². The number of aliphatic hydroxyl groups is 1. The average Bonchev–Trinajstić information content (AvgIpc) is 2.64. The van der Waals surface area contributed by atoms with E-state index in [0.717, 1.165) is 0 Å². The molecule has 1 aromatic carbocycles. The topological polar surface area (TPSA) is 38.1 Å². The van der Waals surface area contributed by atoms with E-state index in [1.165, 1.54) is 16.9 Å². The fourth-order valence-corrected chi connectivity index (χ4v) is 1.67. The molecule has 1 aromatic heterocycles. The Balaban J connectivity index is 2.59. The van der Waals surface area contributed by atoms with Crippen LogP contribution in [0.4, 0.5) is 4.39 Å². The Bertz CT molecular complexity index is 525. The molecule has 0 atom stereocenters. The molecular weight excluding hydrogens is 231 g/mol. The van der Waals surface area contributed by atoms with Crippen molar-refractivity contribution in [1.82, 2.24) is 9.78 Å². The number of halogens is 2. The SMILES string of the molecule is Cc1c(CO)cnn1-c1cccc(Cl)c1F. The quantitative estimate of drug-likeness (QED) is 0.876. The third-order valence-corrected chi connectivity index (χ3v) is 2.73. The van der Waals surface area contributed by atoms with Gasteiger partial charge in [-0.15, -0.1) is 0 Å². The van der Waals surface area contributed by atoms with E-state index in [2.05, 4.69) is 5.10 Å². The Hall–Kier alpha value is -1.39. The van der Waals surface area contributed by atoms with Gasteiger partial charge in [0.1, 0.15) is 5.69 Å². The monoisotopic (exact) mass is 240 g/mol. The minimum atomic E-state index is -0.514. The van der Waals surface area contributed by atoms with Crippen molar-refractivity contribution in [1.29, 1.82) is 0 Å². The first-order valence-electron chi connectivity index (χ1n) is 4.74. The van der Waals surface area contributed by atoms with Crippen LogP contribution >= 0.6 is 11.6 Å². The summed E-state index contributed by atoms with van der Waals surface area (Å²) in [4.78, 5) is 0. The smallest absolute Gasteiger partial charge is 0.167 e. The molecule has 0 radical (unpaired) electrons. The number of aliphatic hydroxyl groups excluding tert-OH is 1. The standard InChI is InChI=1S/C11H10ClFN2O/c1-7-8(6-16)5-14-15(7)10-4-2-3-9(12)11(10)13/h2-5,16H,6H2,1H3. The highest BCUT2D eigenvalue weighted by Crippen LogP contribution is 2.22. The van der Waals surface area contributed by atoms with Gasteiger partial charge in [0.15, 0.2) is 5.82 Å². The van der Waals surface area contributed by atoms with Crippen molar-refractivity contribution >= 4 is 11.6 Å². The van der Waals surface area contributed by atoms with Crippen LogP contribution in [0.15, 0.2) is 24.4 Å². The van der Waals surface area contributed by atoms with Crippen LogP contribution in [0, 0.1) is 12.7 Å². The van der Waals surface area contributed by atoms with Gasteiger partial charge < -0.3 is 5.11 Å². The fourth-order valence-electron chi connectivity index (χ4n) is 1.50. The van der Waals surface area contributed by atoms with E-state index in [4.69, 9.17) is 16.7 Å². The summed E-state index contributed by atoms with van der Waals surface area (Å²) in [6.07, 6.45) is 1.51. The Morgan fingerprint density at radius 3 is 2.88 bits per heavy atom. The first kappa shape index (κ1) is 11.1. The van der Waals surface area contributed by atoms with Gasteiger partial charge in [0.05, 0.1) is 17.8 Å². The van der Waals surface area contributed by atoms with Crippen molar-refractivity contribution in [3.63, 3.8) is 0 Å². The van der Waals surface area contributed by atoms with Crippen LogP contribution in [0.25, 0.3) is 5.69 Å². The molecule has 1 N–H and O–H groups in total. The molecule has 2 rings (SSSR count). The minimum absolute atomic E-state index is 0.0537. The molecule has 2 aromatic rings. The molecule has 16 heavy (non-hydrogen) atoms. The van der Waals surface area contributed by atoms with Crippen LogP contribution in [-0.2, 0) is 6.61 Å². The summed E-state index contributed by atoms with van der Waals surface area (Å²) < 4.78 is 15.1. The van der Waals surface area contributed by atoms with E-state index in [-0.39, 0.29) is 17.3 Å². The van der Waals surface area contributed by atoms with Gasteiger partial charge in [0.25, 0.3) is 0 Å². The van der Waals surface area contributed by atoms with E-state index in [9.17, 15) is 4.39 Å². The zero-order chi connectivity index (χ0) is 11.7. The van der Waals surface area contributed by atoms with Crippen LogP contribution in [-0.4, -0.2) is 14.9 Å². The molecule has 0 aliphatic heterocycles. The molecule has 5 heteroatoms. The molecule has 0 fully saturated rings. The van der Waals surface area contributed by atoms with Crippen LogP contribution in [0.3, 0.4) is 0 Å². The number of aromatic nitrogens is 2. The van der Waals surface area contributed by atoms with Crippen molar-refractivity contribution in [3.05, 3.63) is 46.5 Å². The van der Waals surface area contributed by atoms with E-state index in [1.54, 1.807) is 19.1 Å². The summed E-state index contributed by atoms with van der Waals surface area (Å²) in [6.45, 7) is 1.65. The van der Waals surface area contributed by atoms with Crippen LogP contribution in [0.5, 0.6) is 0 Å². The number of hydrogen-bond donors (Lipinski definition) is 1. The highest BCUT2D eigenvalue weighted by molar-refractivity contribution is 6.30. The molecule has 1 heterocycles. The minimum Gasteiger partial charge on any atom is -0.392 e. The first-order valence-corrected chi connectivity index (χ1v) is 5.11. The van der Waals surface area contributed by atoms with Gasteiger partial charge >= 0.3 is 0 Å². The molecule has 0 amide bonds. The van der Waals surface area contributed by atoms with Gasteiger partial charge in [0, 0.05) is 11.3 Å². The molecule has 84 valence electrons. The molecule has 0 unspecified atom stereocenters. The number of hydrogen-bond acceptors (Lipinski definition) is 2. The molecule has 0 aliphatic rings. The Morgan fingerprint density at radius 2 is 2.25 bits per heavy atom. The lowest BCUT2D eigenvalue weighted by molar-refractivity contribution is 0.281. The van der Waals surface area contributed by atoms with Crippen molar-refractivity contribution in [2.45, 2.75) is 13.5 Å². The first-order chi connectivity index (χ1) is 7.65. The summed E-state index contributed by atoms with van der Waals surface area (Å²) in [5, 5.41) is 13.1. The Morgan fingerprint density at radius 1 is 1.50 bits per heavy atom. The largest absolute Gasteiger partial charge is 0.392 e. The van der Waals surface area contributed by atoms with E-state index >= 15 is 0 Å². The molecule has 0 spiro atoms. The Kier molecular flexibility index (Phi) is 2.94. The van der Waals surface area contributed by atoms with Crippen molar-refractivity contribution in [3.8, 4) is 5.69 Å². The van der Waals surface area contributed by atoms with Gasteiger partial charge in [-0.25, -0.2) is 9.07 Å². The maximum atomic E-state index is 13.7. The number of nitrogens with zero attached hydrogens (tertiary/aromatic N) is 2. The summed E-state index contributed by atoms with van der Waals surface area (Å²) in [5.74, 6) is -0.514. The fraction of sp³-hybridized carbons (Fsp3) is 0.182. The predicted molar refractivity (Wildman–Crippen MR) is 59.2 cm³/mol. The number of rotatable bonds is 2. The van der Waals surface area contributed by atoms with Gasteiger partial charge in [-0.05, 0) is 19.1 Å². The Labute approximate surface area is 97.1 Å². The third kappa shape index (κ3) is 1.70. The lowest BCUT2D eigenvalue weighted by Crippen LogP contribution is -2.02. The van der Waals surface area contributed by atoms with E-state index < -0.39 is 5.82 Å². The van der Waals surface area contributed by atoms with Crippen LogP contribution in [0.2, 0.25) is 5.02 Å². The second kappa shape index (κ2) is 4.23. The van der Waals surface area contributed by atoms with E-state index in [0.29, 0.717) is 11.3 Å².